The molecule has 0 spiro atoms. The fourth-order valence-corrected chi connectivity index (χ4v) is 1.77. The van der Waals surface area contributed by atoms with Crippen molar-refractivity contribution in [2.45, 2.75) is 13.5 Å². The first kappa shape index (κ1) is 12.7. The van der Waals surface area contributed by atoms with E-state index in [-0.39, 0.29) is 12.4 Å². The summed E-state index contributed by atoms with van der Waals surface area (Å²) in [6, 6.07) is 5.25. The van der Waals surface area contributed by atoms with Gasteiger partial charge in [-0.15, -0.1) is 10.2 Å². The number of aryl methyl sites for hydroxylation is 1. The van der Waals surface area contributed by atoms with Crippen LogP contribution in [0, 0.1) is 0 Å². The van der Waals surface area contributed by atoms with E-state index < -0.39 is 0 Å². The average Bonchev–Trinajstić information content (AvgIpc) is 2.72. The number of Topliss-reactive ketones (excluding diaryl/α,β-unsaturated/α-hetero) is 1. The van der Waals surface area contributed by atoms with Crippen molar-refractivity contribution in [1.29, 1.82) is 0 Å². The van der Waals surface area contributed by atoms with Crippen LogP contribution in [0.15, 0.2) is 22.7 Å². The molecule has 1 aromatic heterocycles. The number of benzene rings is 1. The Labute approximate surface area is 112 Å². The molecule has 0 atom stereocenters. The van der Waals surface area contributed by atoms with Crippen molar-refractivity contribution < 1.29 is 9.53 Å². The van der Waals surface area contributed by atoms with Gasteiger partial charge in [-0.3, -0.25) is 4.79 Å². The van der Waals surface area contributed by atoms with Crippen molar-refractivity contribution in [1.82, 2.24) is 20.2 Å². The molecule has 1 aromatic carbocycles. The third-order valence-corrected chi connectivity index (χ3v) is 2.72. The summed E-state index contributed by atoms with van der Waals surface area (Å²) in [5.41, 5.74) is 0.530. The monoisotopic (exact) mass is 310 g/mol. The van der Waals surface area contributed by atoms with Gasteiger partial charge in [-0.25, -0.2) is 0 Å². The highest BCUT2D eigenvalue weighted by atomic mass is 79.9. The number of tetrazole rings is 1. The Kier molecular flexibility index (Phi) is 3.71. The van der Waals surface area contributed by atoms with E-state index in [1.807, 2.05) is 0 Å². The van der Waals surface area contributed by atoms with Crippen LogP contribution in [0.3, 0.4) is 0 Å². The number of nitrogens with zero attached hydrogens (tertiary/aromatic N) is 4. The van der Waals surface area contributed by atoms with E-state index in [1.165, 1.54) is 11.7 Å². The summed E-state index contributed by atoms with van der Waals surface area (Å²) in [6.45, 7) is 1.67. The van der Waals surface area contributed by atoms with E-state index in [9.17, 15) is 4.79 Å². The van der Waals surface area contributed by atoms with Crippen LogP contribution in [0.25, 0.3) is 0 Å². The Balaban J connectivity index is 2.17. The SMILES string of the molecule is CC(=O)c1ccc(Br)cc1OCc1nnn(C)n1. The summed E-state index contributed by atoms with van der Waals surface area (Å²) < 4.78 is 6.39. The molecule has 18 heavy (non-hydrogen) atoms. The second kappa shape index (κ2) is 5.26. The first-order valence-electron chi connectivity index (χ1n) is 5.22. The first-order valence-corrected chi connectivity index (χ1v) is 6.01. The lowest BCUT2D eigenvalue weighted by molar-refractivity contribution is 0.101. The summed E-state index contributed by atoms with van der Waals surface area (Å²) in [5.74, 6) is 0.918. The fourth-order valence-electron chi connectivity index (χ4n) is 1.43. The number of ether oxygens (including phenoxy) is 1. The van der Waals surface area contributed by atoms with Crippen LogP contribution >= 0.6 is 15.9 Å². The van der Waals surface area contributed by atoms with E-state index >= 15 is 0 Å². The third kappa shape index (κ3) is 2.92. The largest absolute Gasteiger partial charge is 0.485 e. The van der Waals surface area contributed by atoms with E-state index in [1.54, 1.807) is 25.2 Å². The highest BCUT2D eigenvalue weighted by molar-refractivity contribution is 9.10. The Morgan fingerprint density at radius 2 is 2.28 bits per heavy atom. The molecule has 0 radical (unpaired) electrons. The van der Waals surface area contributed by atoms with Gasteiger partial charge in [-0.05, 0) is 30.3 Å². The van der Waals surface area contributed by atoms with Crippen molar-refractivity contribution in [3.8, 4) is 5.75 Å². The van der Waals surface area contributed by atoms with E-state index in [0.717, 1.165) is 4.47 Å². The molecule has 0 bridgehead atoms. The smallest absolute Gasteiger partial charge is 0.212 e. The molecule has 0 amide bonds. The molecule has 0 saturated carbocycles. The van der Waals surface area contributed by atoms with Crippen molar-refractivity contribution in [3.05, 3.63) is 34.1 Å². The summed E-state index contributed by atoms with van der Waals surface area (Å²) in [7, 11) is 1.68. The molecule has 0 unspecified atom stereocenters. The lowest BCUT2D eigenvalue weighted by Crippen LogP contribution is -2.03. The molecule has 0 saturated heterocycles. The Bertz CT molecular complexity index is 582. The van der Waals surface area contributed by atoms with Gasteiger partial charge in [0, 0.05) is 4.47 Å². The second-order valence-electron chi connectivity index (χ2n) is 3.68. The quantitative estimate of drug-likeness (QED) is 0.805. The molecular formula is C11H11BrN4O2. The Hall–Kier alpha value is -1.76. The van der Waals surface area contributed by atoms with Gasteiger partial charge in [-0.1, -0.05) is 15.9 Å². The van der Waals surface area contributed by atoms with Crippen LogP contribution in [0.5, 0.6) is 5.75 Å². The van der Waals surface area contributed by atoms with Crippen LogP contribution in [0.1, 0.15) is 23.1 Å². The molecule has 0 aliphatic carbocycles. The minimum atomic E-state index is -0.0513. The van der Waals surface area contributed by atoms with Gasteiger partial charge in [0.15, 0.2) is 12.4 Å². The zero-order chi connectivity index (χ0) is 13.1. The topological polar surface area (TPSA) is 69.9 Å². The maximum absolute atomic E-state index is 11.4. The Morgan fingerprint density at radius 1 is 1.50 bits per heavy atom. The van der Waals surface area contributed by atoms with E-state index in [0.29, 0.717) is 17.1 Å². The number of ketones is 1. The number of carbonyl (C=O) groups excluding carboxylic acids is 1. The minimum Gasteiger partial charge on any atom is -0.485 e. The highest BCUT2D eigenvalue weighted by Crippen LogP contribution is 2.24. The predicted molar refractivity (Wildman–Crippen MR) is 67.3 cm³/mol. The standard InChI is InChI=1S/C11H11BrN4O2/c1-7(17)9-4-3-8(12)5-10(9)18-6-11-13-15-16(2)14-11/h3-5H,6H2,1-2H3. The number of carbonyl (C=O) groups is 1. The lowest BCUT2D eigenvalue weighted by atomic mass is 10.1. The van der Waals surface area contributed by atoms with Crippen molar-refractivity contribution in [3.63, 3.8) is 0 Å². The van der Waals surface area contributed by atoms with E-state index in [4.69, 9.17) is 4.74 Å². The summed E-state index contributed by atoms with van der Waals surface area (Å²) in [4.78, 5) is 12.8. The number of hydrogen-bond acceptors (Lipinski definition) is 5. The summed E-state index contributed by atoms with van der Waals surface area (Å²) in [5, 5.41) is 11.5. The van der Waals surface area contributed by atoms with Crippen LogP contribution in [0.2, 0.25) is 0 Å². The van der Waals surface area contributed by atoms with E-state index in [2.05, 4.69) is 31.3 Å². The van der Waals surface area contributed by atoms with Crippen LogP contribution in [0.4, 0.5) is 0 Å². The molecule has 94 valence electrons. The average molecular weight is 311 g/mol. The third-order valence-electron chi connectivity index (χ3n) is 2.23. The molecule has 0 aliphatic rings. The highest BCUT2D eigenvalue weighted by Gasteiger charge is 2.10. The molecule has 0 N–H and O–H groups in total. The van der Waals surface area contributed by atoms with Gasteiger partial charge >= 0.3 is 0 Å². The van der Waals surface area contributed by atoms with Crippen LogP contribution < -0.4 is 4.74 Å². The lowest BCUT2D eigenvalue weighted by Gasteiger charge is -2.08. The number of aromatic nitrogens is 4. The first-order chi connectivity index (χ1) is 8.56. The number of rotatable bonds is 4. The van der Waals surface area contributed by atoms with Crippen molar-refractivity contribution in [2.24, 2.45) is 7.05 Å². The fraction of sp³-hybridized carbons (Fsp3) is 0.273. The molecule has 2 rings (SSSR count). The predicted octanol–water partition coefficient (Wildman–Crippen LogP) is 1.75. The van der Waals surface area contributed by atoms with Crippen molar-refractivity contribution >= 4 is 21.7 Å². The molecule has 7 heteroatoms. The zero-order valence-electron chi connectivity index (χ0n) is 9.92. The Morgan fingerprint density at radius 3 is 2.89 bits per heavy atom. The van der Waals surface area contributed by atoms with Gasteiger partial charge in [0.1, 0.15) is 5.75 Å². The number of halogens is 1. The van der Waals surface area contributed by atoms with Crippen LogP contribution in [-0.2, 0) is 13.7 Å². The van der Waals surface area contributed by atoms with Gasteiger partial charge < -0.3 is 4.74 Å². The van der Waals surface area contributed by atoms with Gasteiger partial charge in [0.25, 0.3) is 0 Å². The molecule has 0 fully saturated rings. The second-order valence-corrected chi connectivity index (χ2v) is 4.60. The summed E-state index contributed by atoms with van der Waals surface area (Å²) in [6.07, 6.45) is 0. The molecule has 1 heterocycles. The molecular weight excluding hydrogens is 300 g/mol. The maximum atomic E-state index is 11.4. The minimum absolute atomic E-state index is 0.0513. The molecule has 2 aromatic rings. The van der Waals surface area contributed by atoms with Crippen molar-refractivity contribution in [2.75, 3.05) is 0 Å². The van der Waals surface area contributed by atoms with Gasteiger partial charge in [0.2, 0.25) is 5.82 Å². The molecule has 0 aliphatic heterocycles. The van der Waals surface area contributed by atoms with Gasteiger partial charge in [-0.2, -0.15) is 4.80 Å². The summed E-state index contributed by atoms with van der Waals surface area (Å²) >= 11 is 3.34. The number of hydrogen-bond donors (Lipinski definition) is 0. The van der Waals surface area contributed by atoms with Crippen LogP contribution in [-0.4, -0.2) is 26.0 Å². The van der Waals surface area contributed by atoms with Gasteiger partial charge in [0.05, 0.1) is 12.6 Å². The maximum Gasteiger partial charge on any atom is 0.212 e. The molecule has 6 nitrogen and oxygen atoms in total. The normalized spacial score (nSPS) is 10.4. The zero-order valence-corrected chi connectivity index (χ0v) is 11.5.